The number of hydrogen-bond acceptors (Lipinski definition) is 6. The van der Waals surface area contributed by atoms with Crippen LogP contribution in [0.4, 0.5) is 21.5 Å². The maximum absolute atomic E-state index is 13.9. The first-order valence-electron chi connectivity index (χ1n) is 13.5. The van der Waals surface area contributed by atoms with Gasteiger partial charge in [0, 0.05) is 18.4 Å². The highest BCUT2D eigenvalue weighted by Crippen LogP contribution is 2.26. The number of carbonyl (C=O) groups excluding carboxylic acids is 1. The fourth-order valence-corrected chi connectivity index (χ4v) is 7.18. The van der Waals surface area contributed by atoms with Crippen LogP contribution in [0.5, 0.6) is 0 Å². The molecule has 4 aromatic carbocycles. The molecule has 0 aliphatic heterocycles. The van der Waals surface area contributed by atoms with Gasteiger partial charge in [-0.1, -0.05) is 36.4 Å². The summed E-state index contributed by atoms with van der Waals surface area (Å²) in [5.41, 5.74) is 0.315. The van der Waals surface area contributed by atoms with Gasteiger partial charge in [0.15, 0.2) is 0 Å². The Balaban J connectivity index is 1.44. The van der Waals surface area contributed by atoms with Crippen molar-refractivity contribution in [3.8, 4) is 5.69 Å². The summed E-state index contributed by atoms with van der Waals surface area (Å²) in [6.45, 7) is 0.832. The quantitative estimate of drug-likeness (QED) is 0.232. The van der Waals surface area contributed by atoms with Crippen molar-refractivity contribution in [1.82, 2.24) is 9.36 Å². The molecule has 0 aliphatic carbocycles. The molecule has 0 aliphatic rings. The molecule has 0 unspecified atom stereocenters. The maximum Gasteiger partial charge on any atom is 0.296 e. The van der Waals surface area contributed by atoms with Gasteiger partial charge in [-0.15, -0.1) is 0 Å². The number of nitrogens with zero attached hydrogens (tertiary/aromatic N) is 3. The Morgan fingerprint density at radius 2 is 1.33 bits per heavy atom. The highest BCUT2D eigenvalue weighted by atomic mass is 32.2. The van der Waals surface area contributed by atoms with Gasteiger partial charge in [0.25, 0.3) is 25.6 Å². The number of rotatable bonds is 10. The molecule has 0 bridgehead atoms. The van der Waals surface area contributed by atoms with Crippen LogP contribution in [0.2, 0.25) is 0 Å². The Morgan fingerprint density at radius 1 is 0.778 bits per heavy atom. The van der Waals surface area contributed by atoms with E-state index in [0.29, 0.717) is 11.4 Å². The zero-order valence-corrected chi connectivity index (χ0v) is 25.7. The lowest BCUT2D eigenvalue weighted by Gasteiger charge is -2.23. The lowest BCUT2D eigenvalue weighted by molar-refractivity contribution is -0.114. The van der Waals surface area contributed by atoms with E-state index in [1.165, 1.54) is 70.0 Å². The molecule has 2 N–H and O–H groups in total. The number of nitrogens with one attached hydrogen (secondary N) is 2. The SMILES string of the molecule is Cc1c(N(CC(=O)Nc2ccc(S(=O)(=O)Nc3ccc(F)cc3)cc2)S(=O)(=O)c2ccccc2)c(=O)n(-c2ccccc2)n1C. The van der Waals surface area contributed by atoms with Crippen LogP contribution in [0.3, 0.4) is 0 Å². The van der Waals surface area contributed by atoms with Gasteiger partial charge in [-0.05, 0) is 79.7 Å². The minimum Gasteiger partial charge on any atom is -0.325 e. The summed E-state index contributed by atoms with van der Waals surface area (Å²) in [5.74, 6) is -1.29. The van der Waals surface area contributed by atoms with E-state index >= 15 is 0 Å². The van der Waals surface area contributed by atoms with Crippen molar-refractivity contribution in [2.45, 2.75) is 16.7 Å². The first-order chi connectivity index (χ1) is 21.4. The second-order valence-corrected chi connectivity index (χ2v) is 13.5. The van der Waals surface area contributed by atoms with Gasteiger partial charge < -0.3 is 5.32 Å². The summed E-state index contributed by atoms with van der Waals surface area (Å²) in [5, 5.41) is 2.57. The molecule has 1 amide bonds. The highest BCUT2D eigenvalue weighted by molar-refractivity contribution is 7.93. The summed E-state index contributed by atoms with van der Waals surface area (Å²) >= 11 is 0. The molecule has 5 aromatic rings. The van der Waals surface area contributed by atoms with Crippen molar-refractivity contribution in [2.75, 3.05) is 20.9 Å². The largest absolute Gasteiger partial charge is 0.325 e. The summed E-state index contributed by atoms with van der Waals surface area (Å²) in [4.78, 5) is 26.8. The standard InChI is InChI=1S/C31H28FN5O6S2/c1-22-30(31(39)37(35(22)2)26-9-5-3-6-10-26)36(45(42,43)28-11-7-4-8-12-28)21-29(38)33-24-17-19-27(20-18-24)44(40,41)34-25-15-13-23(32)14-16-25/h3-20,34H,21H2,1-2H3,(H,33,38). The van der Waals surface area contributed by atoms with E-state index in [4.69, 9.17) is 0 Å². The first-order valence-corrected chi connectivity index (χ1v) is 16.4. The van der Waals surface area contributed by atoms with Gasteiger partial charge in [0.1, 0.15) is 18.0 Å². The average Bonchev–Trinajstić information content (AvgIpc) is 3.24. The molecule has 45 heavy (non-hydrogen) atoms. The molecule has 0 saturated heterocycles. The van der Waals surface area contributed by atoms with Crippen LogP contribution in [-0.4, -0.2) is 38.7 Å². The summed E-state index contributed by atoms with van der Waals surface area (Å²) in [6, 6.07) is 26.1. The Kier molecular flexibility index (Phi) is 8.62. The molecule has 232 valence electrons. The monoisotopic (exact) mass is 649 g/mol. The van der Waals surface area contributed by atoms with Crippen LogP contribution in [0, 0.1) is 12.7 Å². The number of benzene rings is 4. The van der Waals surface area contributed by atoms with E-state index in [-0.39, 0.29) is 26.9 Å². The summed E-state index contributed by atoms with van der Waals surface area (Å²) in [7, 11) is -6.81. The van der Waals surface area contributed by atoms with Crippen molar-refractivity contribution in [3.05, 3.63) is 131 Å². The number of sulfonamides is 2. The third kappa shape index (κ3) is 6.51. The van der Waals surface area contributed by atoms with Gasteiger partial charge >= 0.3 is 0 Å². The van der Waals surface area contributed by atoms with Crippen LogP contribution in [0.1, 0.15) is 5.69 Å². The topological polar surface area (TPSA) is 140 Å². The molecule has 1 aromatic heterocycles. The normalized spacial score (nSPS) is 11.6. The van der Waals surface area contributed by atoms with Crippen molar-refractivity contribution in [1.29, 1.82) is 0 Å². The molecule has 11 nitrogen and oxygen atoms in total. The number of hydrogen-bond donors (Lipinski definition) is 2. The van der Waals surface area contributed by atoms with E-state index in [1.54, 1.807) is 50.4 Å². The Bertz CT molecular complexity index is 2120. The van der Waals surface area contributed by atoms with Gasteiger partial charge in [-0.25, -0.2) is 30.2 Å². The van der Waals surface area contributed by atoms with Crippen molar-refractivity contribution < 1.29 is 26.0 Å². The van der Waals surface area contributed by atoms with Crippen molar-refractivity contribution in [3.63, 3.8) is 0 Å². The molecule has 0 atom stereocenters. The molecule has 0 fully saturated rings. The van der Waals surface area contributed by atoms with Crippen LogP contribution < -0.4 is 19.9 Å². The van der Waals surface area contributed by atoms with Crippen molar-refractivity contribution >= 4 is 43.0 Å². The summed E-state index contributed by atoms with van der Waals surface area (Å²) < 4.78 is 72.5. The molecule has 0 spiro atoms. The fourth-order valence-electron chi connectivity index (χ4n) is 4.63. The maximum atomic E-state index is 13.9. The van der Waals surface area contributed by atoms with Crippen LogP contribution >= 0.6 is 0 Å². The molecular formula is C31H28FN5O6S2. The fraction of sp³-hybridized carbons (Fsp3) is 0.0968. The van der Waals surface area contributed by atoms with Crippen molar-refractivity contribution in [2.24, 2.45) is 7.05 Å². The number of aromatic nitrogens is 2. The first kappa shape index (κ1) is 31.2. The van der Waals surface area contributed by atoms with E-state index < -0.39 is 43.9 Å². The Hall–Kier alpha value is -5.21. The molecule has 0 saturated carbocycles. The predicted octanol–water partition coefficient (Wildman–Crippen LogP) is 4.26. The molecule has 5 rings (SSSR count). The van der Waals surface area contributed by atoms with E-state index in [2.05, 4.69) is 10.0 Å². The zero-order chi connectivity index (χ0) is 32.4. The third-order valence-corrected chi connectivity index (χ3v) is 10.1. The Morgan fingerprint density at radius 3 is 1.93 bits per heavy atom. The number of anilines is 3. The second kappa shape index (κ2) is 12.4. The minimum atomic E-state index is -4.40. The number of amides is 1. The van der Waals surface area contributed by atoms with Gasteiger partial charge in [-0.3, -0.25) is 19.0 Å². The molecule has 14 heteroatoms. The predicted molar refractivity (Wildman–Crippen MR) is 169 cm³/mol. The van der Waals surface area contributed by atoms with E-state index in [0.717, 1.165) is 16.4 Å². The lowest BCUT2D eigenvalue weighted by atomic mass is 10.3. The van der Waals surface area contributed by atoms with Gasteiger partial charge in [-0.2, -0.15) is 0 Å². The van der Waals surface area contributed by atoms with E-state index in [1.807, 2.05) is 0 Å². The number of halogens is 1. The molecular weight excluding hydrogens is 622 g/mol. The van der Waals surface area contributed by atoms with Gasteiger partial charge in [0.2, 0.25) is 5.91 Å². The third-order valence-electron chi connectivity index (χ3n) is 6.94. The molecule has 1 heterocycles. The van der Waals surface area contributed by atoms with Crippen LogP contribution in [0.15, 0.2) is 124 Å². The number of para-hydroxylation sites is 1. The summed E-state index contributed by atoms with van der Waals surface area (Å²) in [6.07, 6.45) is 0. The van der Waals surface area contributed by atoms with Crippen LogP contribution in [-0.2, 0) is 31.9 Å². The second-order valence-electron chi connectivity index (χ2n) is 9.92. The number of carbonyl (C=O) groups is 1. The average molecular weight is 650 g/mol. The molecule has 0 radical (unpaired) electrons. The lowest BCUT2D eigenvalue weighted by Crippen LogP contribution is -2.41. The minimum absolute atomic E-state index is 0.116. The smallest absolute Gasteiger partial charge is 0.296 e. The van der Waals surface area contributed by atoms with Gasteiger partial charge in [0.05, 0.1) is 21.2 Å². The highest BCUT2D eigenvalue weighted by Gasteiger charge is 2.33. The zero-order valence-electron chi connectivity index (χ0n) is 24.1. The van der Waals surface area contributed by atoms with E-state index in [9.17, 15) is 30.8 Å². The van der Waals surface area contributed by atoms with Crippen LogP contribution in [0.25, 0.3) is 5.69 Å². The Labute approximate surface area is 259 Å².